The Balaban J connectivity index is 1.46. The molecule has 4 nitrogen and oxygen atoms in total. The van der Waals surface area contributed by atoms with Crippen LogP contribution in [0.5, 0.6) is 0 Å². The van der Waals surface area contributed by atoms with Crippen LogP contribution in [-0.2, 0) is 5.41 Å². The quantitative estimate of drug-likeness (QED) is 0.897. The van der Waals surface area contributed by atoms with Crippen molar-refractivity contribution in [3.05, 3.63) is 35.4 Å². The third-order valence-corrected chi connectivity index (χ3v) is 6.26. The first kappa shape index (κ1) is 14.7. The predicted molar refractivity (Wildman–Crippen MR) is 85.6 cm³/mol. The molecule has 1 amide bonds. The van der Waals surface area contributed by atoms with Crippen LogP contribution in [0.25, 0.3) is 0 Å². The minimum Gasteiger partial charge on any atom is -0.396 e. The number of nitrogens with zero attached hydrogens (tertiary/aromatic N) is 1. The molecule has 3 aliphatic rings. The Morgan fingerprint density at radius 2 is 1.96 bits per heavy atom. The molecule has 0 aliphatic heterocycles. The average Bonchev–Trinajstić information content (AvgIpc) is 3.14. The molecule has 0 radical (unpaired) electrons. The summed E-state index contributed by atoms with van der Waals surface area (Å²) in [6.45, 7) is 0.162. The number of aliphatic hydroxyl groups is 1. The Morgan fingerprint density at radius 1 is 1.26 bits per heavy atom. The van der Waals surface area contributed by atoms with E-state index in [-0.39, 0.29) is 29.9 Å². The first-order valence-electron chi connectivity index (χ1n) is 8.60. The number of nitriles is 1. The van der Waals surface area contributed by atoms with E-state index in [9.17, 15) is 15.2 Å². The molecule has 2 bridgehead atoms. The maximum Gasteiger partial charge on any atom is 0.251 e. The molecule has 1 aromatic carbocycles. The minimum atomic E-state index is -0.304. The second kappa shape index (κ2) is 5.35. The molecule has 0 heterocycles. The van der Waals surface area contributed by atoms with Crippen molar-refractivity contribution in [1.82, 2.24) is 5.32 Å². The fraction of sp³-hybridized carbons (Fsp3) is 0.579. The minimum absolute atomic E-state index is 0.0608. The number of aliphatic hydroxyl groups excluding tert-OH is 1. The number of hydrogen-bond donors (Lipinski definition) is 2. The Hall–Kier alpha value is -1.86. The second-order valence-corrected chi connectivity index (χ2v) is 7.45. The van der Waals surface area contributed by atoms with Gasteiger partial charge in [-0.1, -0.05) is 12.1 Å². The number of carbonyl (C=O) groups is 1. The zero-order valence-corrected chi connectivity index (χ0v) is 13.2. The fourth-order valence-corrected chi connectivity index (χ4v) is 4.66. The second-order valence-electron chi connectivity index (χ2n) is 7.45. The van der Waals surface area contributed by atoms with E-state index in [1.54, 1.807) is 0 Å². The summed E-state index contributed by atoms with van der Waals surface area (Å²) in [5.41, 5.74) is 1.35. The van der Waals surface area contributed by atoms with E-state index in [2.05, 4.69) is 11.4 Å². The van der Waals surface area contributed by atoms with Gasteiger partial charge < -0.3 is 10.4 Å². The molecule has 120 valence electrons. The van der Waals surface area contributed by atoms with Gasteiger partial charge >= 0.3 is 0 Å². The lowest BCUT2D eigenvalue weighted by Crippen LogP contribution is -2.45. The Morgan fingerprint density at radius 3 is 2.57 bits per heavy atom. The van der Waals surface area contributed by atoms with Crippen molar-refractivity contribution in [3.8, 4) is 6.07 Å². The fourth-order valence-electron chi connectivity index (χ4n) is 4.66. The van der Waals surface area contributed by atoms with E-state index in [1.807, 2.05) is 24.3 Å². The van der Waals surface area contributed by atoms with E-state index < -0.39 is 0 Å². The lowest BCUT2D eigenvalue weighted by Gasteiger charge is -2.30. The van der Waals surface area contributed by atoms with Crippen LogP contribution >= 0.6 is 0 Å². The molecule has 3 aliphatic carbocycles. The monoisotopic (exact) mass is 310 g/mol. The van der Waals surface area contributed by atoms with Crippen molar-refractivity contribution in [2.75, 3.05) is 6.61 Å². The van der Waals surface area contributed by atoms with Crippen molar-refractivity contribution < 1.29 is 9.90 Å². The highest BCUT2D eigenvalue weighted by Gasteiger charge is 2.48. The summed E-state index contributed by atoms with van der Waals surface area (Å²) >= 11 is 0. The van der Waals surface area contributed by atoms with Gasteiger partial charge in [0.05, 0.1) is 11.5 Å². The van der Waals surface area contributed by atoms with Gasteiger partial charge in [0.25, 0.3) is 5.91 Å². The molecule has 23 heavy (non-hydrogen) atoms. The number of nitrogens with one attached hydrogen (secondary N) is 1. The number of amides is 1. The summed E-state index contributed by atoms with van der Waals surface area (Å²) < 4.78 is 0. The summed E-state index contributed by atoms with van der Waals surface area (Å²) in [4.78, 5) is 12.5. The average molecular weight is 310 g/mol. The molecule has 0 saturated heterocycles. The largest absolute Gasteiger partial charge is 0.396 e. The van der Waals surface area contributed by atoms with Gasteiger partial charge in [-0.25, -0.2) is 0 Å². The molecule has 0 aromatic heterocycles. The summed E-state index contributed by atoms with van der Waals surface area (Å²) in [7, 11) is 0. The molecule has 0 spiro atoms. The normalized spacial score (nSPS) is 33.2. The lowest BCUT2D eigenvalue weighted by atomic mass is 9.85. The van der Waals surface area contributed by atoms with Crippen LogP contribution < -0.4 is 5.32 Å². The number of benzene rings is 1. The van der Waals surface area contributed by atoms with Gasteiger partial charge in [0.2, 0.25) is 0 Å². The summed E-state index contributed by atoms with van der Waals surface area (Å²) in [5, 5.41) is 22.0. The van der Waals surface area contributed by atoms with Gasteiger partial charge in [0, 0.05) is 24.1 Å². The van der Waals surface area contributed by atoms with Crippen LogP contribution in [0.4, 0.5) is 0 Å². The van der Waals surface area contributed by atoms with E-state index in [0.29, 0.717) is 17.4 Å². The number of hydrogen-bond acceptors (Lipinski definition) is 3. The van der Waals surface area contributed by atoms with Crippen molar-refractivity contribution in [2.24, 2.45) is 17.8 Å². The molecule has 4 unspecified atom stereocenters. The Kier molecular flexibility index (Phi) is 3.42. The maximum atomic E-state index is 12.5. The summed E-state index contributed by atoms with van der Waals surface area (Å²) in [5.74, 6) is 1.25. The molecular weight excluding hydrogens is 288 g/mol. The highest BCUT2D eigenvalue weighted by Crippen LogP contribution is 2.49. The Labute approximate surface area is 136 Å². The van der Waals surface area contributed by atoms with Crippen LogP contribution in [0.15, 0.2) is 24.3 Å². The first-order chi connectivity index (χ1) is 11.2. The van der Waals surface area contributed by atoms with E-state index in [0.717, 1.165) is 31.2 Å². The highest BCUT2D eigenvalue weighted by atomic mass is 16.3. The van der Waals surface area contributed by atoms with Crippen LogP contribution in [-0.4, -0.2) is 23.7 Å². The highest BCUT2D eigenvalue weighted by molar-refractivity contribution is 5.94. The first-order valence-corrected chi connectivity index (χ1v) is 8.60. The van der Waals surface area contributed by atoms with E-state index in [4.69, 9.17) is 0 Å². The SMILES string of the molecule is N#CC1(c2ccc(C(=O)NC3C4CCC(C4)C3CO)cc2)CC1. The Bertz CT molecular complexity index is 657. The third-order valence-electron chi connectivity index (χ3n) is 6.26. The van der Waals surface area contributed by atoms with Crippen molar-refractivity contribution in [3.63, 3.8) is 0 Å². The van der Waals surface area contributed by atoms with Crippen molar-refractivity contribution >= 4 is 5.91 Å². The molecule has 3 fully saturated rings. The topological polar surface area (TPSA) is 73.1 Å². The number of rotatable bonds is 4. The smallest absolute Gasteiger partial charge is 0.251 e. The molecule has 2 N–H and O–H groups in total. The zero-order chi connectivity index (χ0) is 16.0. The van der Waals surface area contributed by atoms with Gasteiger partial charge in [-0.3, -0.25) is 4.79 Å². The van der Waals surface area contributed by atoms with Crippen LogP contribution in [0.2, 0.25) is 0 Å². The van der Waals surface area contributed by atoms with Crippen LogP contribution in [0.1, 0.15) is 48.0 Å². The van der Waals surface area contributed by atoms with Gasteiger partial charge in [0.1, 0.15) is 0 Å². The molecule has 1 aromatic rings. The van der Waals surface area contributed by atoms with Crippen LogP contribution in [0, 0.1) is 29.1 Å². The van der Waals surface area contributed by atoms with Gasteiger partial charge in [0.15, 0.2) is 0 Å². The summed E-state index contributed by atoms with van der Waals surface area (Å²) in [6, 6.07) is 9.96. The van der Waals surface area contributed by atoms with Crippen LogP contribution in [0.3, 0.4) is 0 Å². The van der Waals surface area contributed by atoms with E-state index >= 15 is 0 Å². The molecule has 3 saturated carbocycles. The lowest BCUT2D eigenvalue weighted by molar-refractivity contribution is 0.0861. The summed E-state index contributed by atoms with van der Waals surface area (Å²) in [6.07, 6.45) is 5.32. The van der Waals surface area contributed by atoms with Gasteiger partial charge in [-0.05, 0) is 61.6 Å². The molecular formula is C19H22N2O2. The number of carbonyl (C=O) groups excluding carboxylic acids is 1. The number of fused-ring (bicyclic) bond motifs is 2. The standard InChI is InChI=1S/C19H22N2O2/c20-11-19(7-8-19)15-5-3-12(4-6-15)18(23)21-17-14-2-1-13(9-14)16(17)10-22/h3-6,13-14,16-17,22H,1-2,7-10H2,(H,21,23). The third kappa shape index (κ3) is 2.35. The van der Waals surface area contributed by atoms with Crippen molar-refractivity contribution in [1.29, 1.82) is 5.26 Å². The molecule has 4 atom stereocenters. The van der Waals surface area contributed by atoms with Gasteiger partial charge in [-0.15, -0.1) is 0 Å². The molecule has 4 heteroatoms. The van der Waals surface area contributed by atoms with E-state index in [1.165, 1.54) is 6.42 Å². The van der Waals surface area contributed by atoms with Gasteiger partial charge in [-0.2, -0.15) is 5.26 Å². The maximum absolute atomic E-state index is 12.5. The molecule has 4 rings (SSSR count). The van der Waals surface area contributed by atoms with Crippen molar-refractivity contribution in [2.45, 2.75) is 43.6 Å². The predicted octanol–water partition coefficient (Wildman–Crippen LogP) is 2.38. The zero-order valence-electron chi connectivity index (χ0n) is 13.2.